The first-order chi connectivity index (χ1) is 11.5. The zero-order valence-corrected chi connectivity index (χ0v) is 14.6. The lowest BCUT2D eigenvalue weighted by Crippen LogP contribution is -2.43. The van der Waals surface area contributed by atoms with E-state index in [1.165, 1.54) is 6.42 Å². The molecule has 2 aliphatic rings. The van der Waals surface area contributed by atoms with Crippen molar-refractivity contribution in [3.8, 4) is 11.5 Å². The Balaban J connectivity index is 1.64. The van der Waals surface area contributed by atoms with E-state index in [1.807, 2.05) is 18.2 Å². The lowest BCUT2D eigenvalue weighted by atomic mass is 9.76. The molecule has 1 aliphatic heterocycles. The Bertz CT molecular complexity index is 627. The fourth-order valence-corrected chi connectivity index (χ4v) is 3.44. The number of carbonyl (C=O) groups is 1. The Morgan fingerprint density at radius 1 is 1.25 bits per heavy atom. The van der Waals surface area contributed by atoms with Crippen molar-refractivity contribution in [3.63, 3.8) is 0 Å². The van der Waals surface area contributed by atoms with Crippen LogP contribution in [0.3, 0.4) is 0 Å². The summed E-state index contributed by atoms with van der Waals surface area (Å²) in [5.74, 6) is 2.63. The standard InChI is InChI=1S/C19H26N2O3/c1-12(2)14-9-8-13(3)10-15(14)20-21-19(22)18-11-23-16-6-4-5-7-17(16)24-18/h4-7,12-14,18H,8-11H2,1-3H3,(H,21,22)/b20-15-/t13-,14+,18-/m0/s1. The smallest absolute Gasteiger partial charge is 0.284 e. The summed E-state index contributed by atoms with van der Waals surface area (Å²) >= 11 is 0. The summed E-state index contributed by atoms with van der Waals surface area (Å²) in [7, 11) is 0. The van der Waals surface area contributed by atoms with E-state index in [9.17, 15) is 4.79 Å². The Labute approximate surface area is 143 Å². The minimum absolute atomic E-state index is 0.206. The van der Waals surface area contributed by atoms with E-state index in [1.54, 1.807) is 6.07 Å². The number of fused-ring (bicyclic) bond motifs is 1. The van der Waals surface area contributed by atoms with E-state index in [2.05, 4.69) is 31.3 Å². The Hall–Kier alpha value is -2.04. The van der Waals surface area contributed by atoms with Crippen molar-refractivity contribution in [2.45, 2.75) is 46.1 Å². The van der Waals surface area contributed by atoms with E-state index in [4.69, 9.17) is 9.47 Å². The summed E-state index contributed by atoms with van der Waals surface area (Å²) in [5, 5.41) is 4.45. The first kappa shape index (κ1) is 16.8. The summed E-state index contributed by atoms with van der Waals surface area (Å²) in [6.07, 6.45) is 2.66. The lowest BCUT2D eigenvalue weighted by molar-refractivity contribution is -0.130. The number of ether oxygens (including phenoxy) is 2. The summed E-state index contributed by atoms with van der Waals surface area (Å²) in [5.41, 5.74) is 3.81. The highest BCUT2D eigenvalue weighted by atomic mass is 16.6. The number of nitrogens with one attached hydrogen (secondary N) is 1. The summed E-state index contributed by atoms with van der Waals surface area (Å²) < 4.78 is 11.3. The van der Waals surface area contributed by atoms with E-state index in [0.29, 0.717) is 29.3 Å². The van der Waals surface area contributed by atoms with Crippen LogP contribution in [0.1, 0.15) is 40.0 Å². The molecule has 0 saturated heterocycles. The van der Waals surface area contributed by atoms with Gasteiger partial charge in [0.05, 0.1) is 0 Å². The second-order valence-electron chi connectivity index (χ2n) is 7.18. The number of hydrogen-bond donors (Lipinski definition) is 1. The molecule has 0 unspecified atom stereocenters. The van der Waals surface area contributed by atoms with Crippen LogP contribution in [0.5, 0.6) is 11.5 Å². The molecule has 24 heavy (non-hydrogen) atoms. The molecular weight excluding hydrogens is 304 g/mol. The molecule has 0 spiro atoms. The molecule has 3 atom stereocenters. The summed E-state index contributed by atoms with van der Waals surface area (Å²) in [4.78, 5) is 12.4. The first-order valence-corrected chi connectivity index (χ1v) is 8.79. The quantitative estimate of drug-likeness (QED) is 0.864. The van der Waals surface area contributed by atoms with E-state index >= 15 is 0 Å². The van der Waals surface area contributed by atoms with Crippen molar-refractivity contribution in [3.05, 3.63) is 24.3 Å². The highest BCUT2D eigenvalue weighted by Crippen LogP contribution is 2.32. The number of hydrazone groups is 1. The van der Waals surface area contributed by atoms with Crippen LogP contribution in [0, 0.1) is 17.8 Å². The molecule has 1 N–H and O–H groups in total. The number of amides is 1. The third-order valence-electron chi connectivity index (χ3n) is 4.87. The van der Waals surface area contributed by atoms with Gasteiger partial charge in [-0.2, -0.15) is 5.10 Å². The van der Waals surface area contributed by atoms with Gasteiger partial charge < -0.3 is 9.47 Å². The molecule has 1 fully saturated rings. The maximum absolute atomic E-state index is 12.4. The number of hydrogen-bond acceptors (Lipinski definition) is 4. The SMILES string of the molecule is CC(C)[C@H]1CC[C@H](C)C/C1=N/NC(=O)[C@@H]1COc2ccccc2O1. The van der Waals surface area contributed by atoms with Crippen LogP contribution in [0.15, 0.2) is 29.4 Å². The minimum Gasteiger partial charge on any atom is -0.485 e. The average Bonchev–Trinajstić information content (AvgIpc) is 2.59. The van der Waals surface area contributed by atoms with Gasteiger partial charge in [-0.1, -0.05) is 32.9 Å². The van der Waals surface area contributed by atoms with E-state index in [0.717, 1.165) is 18.6 Å². The van der Waals surface area contributed by atoms with E-state index < -0.39 is 6.10 Å². The van der Waals surface area contributed by atoms with Crippen molar-refractivity contribution >= 4 is 11.6 Å². The third kappa shape index (κ3) is 3.71. The van der Waals surface area contributed by atoms with Crippen LogP contribution in [-0.4, -0.2) is 24.3 Å². The van der Waals surface area contributed by atoms with Gasteiger partial charge in [-0.3, -0.25) is 4.79 Å². The fraction of sp³-hybridized carbons (Fsp3) is 0.579. The van der Waals surface area contributed by atoms with Gasteiger partial charge in [-0.25, -0.2) is 5.43 Å². The lowest BCUT2D eigenvalue weighted by Gasteiger charge is -2.31. The Kier molecular flexibility index (Phi) is 5.07. The molecular formula is C19H26N2O3. The molecule has 0 radical (unpaired) electrons. The first-order valence-electron chi connectivity index (χ1n) is 8.79. The van der Waals surface area contributed by atoms with Crippen LogP contribution in [0.2, 0.25) is 0 Å². The predicted octanol–water partition coefficient (Wildman–Crippen LogP) is 3.39. The summed E-state index contributed by atoms with van der Waals surface area (Å²) in [6, 6.07) is 7.38. The zero-order chi connectivity index (χ0) is 17.1. The topological polar surface area (TPSA) is 59.9 Å². The highest BCUT2D eigenvalue weighted by Gasteiger charge is 2.29. The molecule has 0 aromatic heterocycles. The molecule has 130 valence electrons. The van der Waals surface area contributed by atoms with Gasteiger partial charge in [0.1, 0.15) is 6.61 Å². The maximum Gasteiger partial charge on any atom is 0.284 e. The minimum atomic E-state index is -0.664. The molecule has 1 aromatic carbocycles. The molecule has 1 heterocycles. The molecule has 1 amide bonds. The average molecular weight is 330 g/mol. The normalized spacial score (nSPS) is 28.0. The van der Waals surface area contributed by atoms with E-state index in [-0.39, 0.29) is 12.5 Å². The molecule has 5 nitrogen and oxygen atoms in total. The van der Waals surface area contributed by atoms with Crippen molar-refractivity contribution < 1.29 is 14.3 Å². The van der Waals surface area contributed by atoms with Crippen LogP contribution in [0.25, 0.3) is 0 Å². The van der Waals surface area contributed by atoms with Crippen LogP contribution in [-0.2, 0) is 4.79 Å². The van der Waals surface area contributed by atoms with Crippen molar-refractivity contribution in [1.29, 1.82) is 0 Å². The van der Waals surface area contributed by atoms with Crippen molar-refractivity contribution in [1.82, 2.24) is 5.43 Å². The third-order valence-corrected chi connectivity index (χ3v) is 4.87. The van der Waals surface area contributed by atoms with Gasteiger partial charge >= 0.3 is 0 Å². The molecule has 0 bridgehead atoms. The number of carbonyl (C=O) groups excluding carboxylic acids is 1. The van der Waals surface area contributed by atoms with Crippen LogP contribution in [0.4, 0.5) is 0 Å². The Morgan fingerprint density at radius 3 is 2.75 bits per heavy atom. The number of para-hydroxylation sites is 2. The van der Waals surface area contributed by atoms with Gasteiger partial charge in [0.25, 0.3) is 5.91 Å². The van der Waals surface area contributed by atoms with Gasteiger partial charge in [0.15, 0.2) is 11.5 Å². The Morgan fingerprint density at radius 2 is 2.00 bits per heavy atom. The number of nitrogens with zero attached hydrogens (tertiary/aromatic N) is 1. The van der Waals surface area contributed by atoms with Gasteiger partial charge in [-0.05, 0) is 43.2 Å². The maximum atomic E-state index is 12.4. The largest absolute Gasteiger partial charge is 0.485 e. The molecule has 1 aromatic rings. The fourth-order valence-electron chi connectivity index (χ4n) is 3.44. The molecule has 5 heteroatoms. The monoisotopic (exact) mass is 330 g/mol. The molecule has 1 saturated carbocycles. The molecule has 3 rings (SSSR count). The van der Waals surface area contributed by atoms with Crippen LogP contribution >= 0.6 is 0 Å². The number of benzene rings is 1. The molecule has 1 aliphatic carbocycles. The van der Waals surface area contributed by atoms with Gasteiger partial charge in [0.2, 0.25) is 6.10 Å². The van der Waals surface area contributed by atoms with Crippen molar-refractivity contribution in [2.24, 2.45) is 22.9 Å². The number of rotatable bonds is 3. The van der Waals surface area contributed by atoms with Crippen molar-refractivity contribution in [2.75, 3.05) is 6.61 Å². The highest BCUT2D eigenvalue weighted by molar-refractivity contribution is 5.90. The second kappa shape index (κ2) is 7.24. The van der Waals surface area contributed by atoms with Crippen LogP contribution < -0.4 is 14.9 Å². The van der Waals surface area contributed by atoms with Gasteiger partial charge in [0, 0.05) is 11.6 Å². The zero-order valence-electron chi connectivity index (χ0n) is 14.6. The van der Waals surface area contributed by atoms with Gasteiger partial charge in [-0.15, -0.1) is 0 Å². The summed E-state index contributed by atoms with van der Waals surface area (Å²) in [6.45, 7) is 6.88. The second-order valence-corrected chi connectivity index (χ2v) is 7.18. The predicted molar refractivity (Wildman–Crippen MR) is 93.3 cm³/mol.